The first kappa shape index (κ1) is 9.83. The Labute approximate surface area is 69.9 Å². The van der Waals surface area contributed by atoms with Crippen LogP contribution in [0.1, 0.15) is 19.3 Å². The summed E-state index contributed by atoms with van der Waals surface area (Å²) in [6.07, 6.45) is 1.97. The molecule has 0 atom stereocenters. The third-order valence-corrected chi connectivity index (χ3v) is 1.44. The van der Waals surface area contributed by atoms with E-state index in [-0.39, 0.29) is 6.61 Å². The van der Waals surface area contributed by atoms with E-state index in [1.54, 1.807) is 0 Å². The van der Waals surface area contributed by atoms with Gasteiger partial charge in [-0.15, -0.1) is 0 Å². The first-order valence-electron chi connectivity index (χ1n) is 2.74. The predicted octanol–water partition coefficient (Wildman–Crippen LogP) is 2.52. The van der Waals surface area contributed by atoms with Crippen LogP contribution in [0.25, 0.3) is 0 Å². The number of halogens is 3. The smallest absolute Gasteiger partial charge is 0.190 e. The monoisotopic (exact) mass is 190 g/mol. The zero-order valence-corrected chi connectivity index (χ0v) is 7.18. The molecule has 56 valence electrons. The van der Waals surface area contributed by atoms with Crippen LogP contribution < -0.4 is 0 Å². The lowest BCUT2D eigenvalue weighted by atomic mass is 10.3. The molecule has 0 aliphatic rings. The number of hydrogen-bond acceptors (Lipinski definition) is 1. The Balaban J connectivity index is 3.07. The normalized spacial score (nSPS) is 12.0. The molecule has 0 amide bonds. The Morgan fingerprint density at radius 2 is 1.67 bits per heavy atom. The molecule has 0 aromatic heterocycles. The highest BCUT2D eigenvalue weighted by atomic mass is 35.6. The van der Waals surface area contributed by atoms with E-state index in [0.29, 0.717) is 12.8 Å². The summed E-state index contributed by atoms with van der Waals surface area (Å²) in [5.74, 6) is 0. The standard InChI is InChI=1S/C5H9Cl3O/c6-5(7,8)3-1-2-4-9/h9H,1-4H2. The average molecular weight is 191 g/mol. The van der Waals surface area contributed by atoms with Crippen molar-refractivity contribution in [3.05, 3.63) is 0 Å². The summed E-state index contributed by atoms with van der Waals surface area (Å²) >= 11 is 16.3. The van der Waals surface area contributed by atoms with Crippen molar-refractivity contribution in [1.82, 2.24) is 0 Å². The minimum Gasteiger partial charge on any atom is -0.396 e. The molecule has 0 rings (SSSR count). The lowest BCUT2D eigenvalue weighted by molar-refractivity contribution is 0.283. The highest BCUT2D eigenvalue weighted by Gasteiger charge is 2.17. The summed E-state index contributed by atoms with van der Waals surface area (Å²) in [5, 5.41) is 8.33. The highest BCUT2D eigenvalue weighted by molar-refractivity contribution is 6.67. The van der Waals surface area contributed by atoms with Crippen LogP contribution in [0.4, 0.5) is 0 Å². The van der Waals surface area contributed by atoms with Gasteiger partial charge in [-0.05, 0) is 19.3 Å². The zero-order chi connectivity index (χ0) is 7.33. The molecule has 0 aliphatic carbocycles. The van der Waals surface area contributed by atoms with E-state index in [1.807, 2.05) is 0 Å². The number of aliphatic hydroxyl groups is 1. The van der Waals surface area contributed by atoms with Crippen molar-refractivity contribution < 1.29 is 5.11 Å². The van der Waals surface area contributed by atoms with Crippen LogP contribution in [0.5, 0.6) is 0 Å². The minimum absolute atomic E-state index is 0.167. The fraction of sp³-hybridized carbons (Fsp3) is 1.00. The van der Waals surface area contributed by atoms with Gasteiger partial charge in [-0.3, -0.25) is 0 Å². The van der Waals surface area contributed by atoms with Crippen molar-refractivity contribution in [2.24, 2.45) is 0 Å². The number of rotatable bonds is 3. The van der Waals surface area contributed by atoms with Gasteiger partial charge in [0.05, 0.1) is 0 Å². The van der Waals surface area contributed by atoms with Crippen LogP contribution in [-0.4, -0.2) is 15.5 Å². The molecule has 0 saturated carbocycles. The first-order valence-corrected chi connectivity index (χ1v) is 3.87. The van der Waals surface area contributed by atoms with E-state index in [2.05, 4.69) is 0 Å². The number of aliphatic hydroxyl groups excluding tert-OH is 1. The number of unbranched alkanes of at least 4 members (excludes halogenated alkanes) is 1. The summed E-state index contributed by atoms with van der Waals surface area (Å²) in [7, 11) is 0. The van der Waals surface area contributed by atoms with Crippen molar-refractivity contribution in [2.75, 3.05) is 6.61 Å². The summed E-state index contributed by atoms with van der Waals surface area (Å²) in [5.41, 5.74) is 0. The quantitative estimate of drug-likeness (QED) is 0.537. The molecule has 0 spiro atoms. The summed E-state index contributed by atoms with van der Waals surface area (Å²) in [6, 6.07) is 0. The van der Waals surface area contributed by atoms with Gasteiger partial charge in [-0.25, -0.2) is 0 Å². The SMILES string of the molecule is OCCCCC(Cl)(Cl)Cl. The van der Waals surface area contributed by atoms with Crippen LogP contribution in [0.15, 0.2) is 0 Å². The molecule has 0 bridgehead atoms. The molecule has 0 unspecified atom stereocenters. The summed E-state index contributed by atoms with van der Waals surface area (Å²) in [4.78, 5) is 0. The van der Waals surface area contributed by atoms with Gasteiger partial charge in [0.1, 0.15) is 0 Å². The van der Waals surface area contributed by atoms with Gasteiger partial charge in [0.25, 0.3) is 0 Å². The van der Waals surface area contributed by atoms with Crippen molar-refractivity contribution in [3.63, 3.8) is 0 Å². The second-order valence-electron chi connectivity index (χ2n) is 1.80. The molecule has 1 N–H and O–H groups in total. The van der Waals surface area contributed by atoms with E-state index in [0.717, 1.165) is 6.42 Å². The van der Waals surface area contributed by atoms with Crippen molar-refractivity contribution >= 4 is 34.8 Å². The third kappa shape index (κ3) is 8.83. The van der Waals surface area contributed by atoms with Crippen LogP contribution >= 0.6 is 34.8 Å². The van der Waals surface area contributed by atoms with Crippen molar-refractivity contribution in [2.45, 2.75) is 23.1 Å². The third-order valence-electron chi connectivity index (χ3n) is 0.868. The molecule has 0 aromatic carbocycles. The molecule has 0 heterocycles. The van der Waals surface area contributed by atoms with Crippen molar-refractivity contribution in [1.29, 1.82) is 0 Å². The molecular formula is C5H9Cl3O. The maximum Gasteiger partial charge on any atom is 0.190 e. The molecule has 0 aliphatic heterocycles. The summed E-state index contributed by atoms with van der Waals surface area (Å²) in [6.45, 7) is 0.167. The lowest BCUT2D eigenvalue weighted by Gasteiger charge is -2.08. The highest BCUT2D eigenvalue weighted by Crippen LogP contribution is 2.31. The van der Waals surface area contributed by atoms with Crippen LogP contribution in [-0.2, 0) is 0 Å². The summed E-state index contributed by atoms with van der Waals surface area (Å²) < 4.78 is -1.14. The second kappa shape index (κ2) is 4.62. The first-order chi connectivity index (χ1) is 4.06. The van der Waals surface area contributed by atoms with E-state index in [4.69, 9.17) is 39.9 Å². The molecule has 0 fully saturated rings. The van der Waals surface area contributed by atoms with E-state index in [9.17, 15) is 0 Å². The maximum absolute atomic E-state index is 8.33. The minimum atomic E-state index is -1.14. The number of hydrogen-bond donors (Lipinski definition) is 1. The Hall–Kier alpha value is 0.830. The molecule has 0 radical (unpaired) electrons. The van der Waals surface area contributed by atoms with Gasteiger partial charge in [-0.1, -0.05) is 34.8 Å². The Morgan fingerprint density at radius 1 is 1.11 bits per heavy atom. The molecule has 0 aromatic rings. The van der Waals surface area contributed by atoms with Gasteiger partial charge in [0.2, 0.25) is 0 Å². The second-order valence-corrected chi connectivity index (χ2v) is 4.31. The largest absolute Gasteiger partial charge is 0.396 e. The Kier molecular flexibility index (Phi) is 5.04. The van der Waals surface area contributed by atoms with Crippen LogP contribution in [0, 0.1) is 0 Å². The van der Waals surface area contributed by atoms with Gasteiger partial charge >= 0.3 is 0 Å². The van der Waals surface area contributed by atoms with Gasteiger partial charge in [0, 0.05) is 6.61 Å². The fourth-order valence-electron chi connectivity index (χ4n) is 0.437. The predicted molar refractivity (Wildman–Crippen MR) is 41.2 cm³/mol. The maximum atomic E-state index is 8.33. The average Bonchev–Trinajstić information content (AvgIpc) is 1.63. The molecule has 9 heavy (non-hydrogen) atoms. The number of alkyl halides is 3. The van der Waals surface area contributed by atoms with E-state index >= 15 is 0 Å². The zero-order valence-electron chi connectivity index (χ0n) is 4.91. The molecular weight excluding hydrogens is 182 g/mol. The van der Waals surface area contributed by atoms with Gasteiger partial charge < -0.3 is 5.11 Å². The Morgan fingerprint density at radius 3 is 2.00 bits per heavy atom. The fourth-order valence-corrected chi connectivity index (χ4v) is 0.838. The van der Waals surface area contributed by atoms with E-state index < -0.39 is 3.79 Å². The molecule has 4 heteroatoms. The van der Waals surface area contributed by atoms with E-state index in [1.165, 1.54) is 0 Å². The van der Waals surface area contributed by atoms with Gasteiger partial charge in [0.15, 0.2) is 3.79 Å². The molecule has 0 saturated heterocycles. The van der Waals surface area contributed by atoms with Gasteiger partial charge in [-0.2, -0.15) is 0 Å². The van der Waals surface area contributed by atoms with Crippen molar-refractivity contribution in [3.8, 4) is 0 Å². The lowest BCUT2D eigenvalue weighted by Crippen LogP contribution is -2.01. The topological polar surface area (TPSA) is 20.2 Å². The van der Waals surface area contributed by atoms with Crippen LogP contribution in [0.3, 0.4) is 0 Å². The molecule has 1 nitrogen and oxygen atoms in total. The Bertz CT molecular complexity index is 69.1. The van der Waals surface area contributed by atoms with Crippen LogP contribution in [0.2, 0.25) is 0 Å².